The minimum Gasteiger partial charge on any atom is -0.399 e. The van der Waals surface area contributed by atoms with E-state index in [4.69, 9.17) is 5.73 Å². The number of carbonyl (C=O) groups is 1. The van der Waals surface area contributed by atoms with Crippen LogP contribution in [0, 0.1) is 0 Å². The minimum atomic E-state index is -0.0499. The molecular weight excluding hydrogens is 382 g/mol. The molecule has 0 unspecified atom stereocenters. The Morgan fingerprint density at radius 3 is 2.82 bits per heavy atom. The molecule has 112 valence electrons. The van der Waals surface area contributed by atoms with Gasteiger partial charge >= 0.3 is 0 Å². The summed E-state index contributed by atoms with van der Waals surface area (Å²) in [4.78, 5) is 16.4. The molecule has 0 spiro atoms. The summed E-state index contributed by atoms with van der Waals surface area (Å²) in [6.45, 7) is 0. The Kier molecular flexibility index (Phi) is 4.66. The maximum absolute atomic E-state index is 12.0. The molecule has 0 aliphatic rings. The van der Waals surface area contributed by atoms with Crippen molar-refractivity contribution in [2.75, 3.05) is 16.8 Å². The normalized spacial score (nSPS) is 10.8. The molecule has 7 heteroatoms. The molecule has 1 aromatic heterocycles. The minimum absolute atomic E-state index is 0.0499. The Morgan fingerprint density at radius 1 is 1.27 bits per heavy atom. The summed E-state index contributed by atoms with van der Waals surface area (Å²) in [7, 11) is 0. The summed E-state index contributed by atoms with van der Waals surface area (Å²) in [5, 5.41) is 2.86. The smallest absolute Gasteiger partial charge is 0.234 e. The lowest BCUT2D eigenvalue weighted by Gasteiger charge is -2.03. The SMILES string of the molecule is Nc1ccc2nc(SCC(=O)Nc3ccc(Br)cc3)sc2c1. The number of carbonyl (C=O) groups excluding carboxylic acids is 1. The van der Waals surface area contributed by atoms with E-state index in [0.717, 1.165) is 30.4 Å². The molecule has 0 saturated carbocycles. The number of nitrogens with one attached hydrogen (secondary N) is 1. The van der Waals surface area contributed by atoms with Crippen molar-refractivity contribution < 1.29 is 4.79 Å². The first-order valence-electron chi connectivity index (χ1n) is 6.44. The molecule has 0 aliphatic carbocycles. The van der Waals surface area contributed by atoms with Crippen LogP contribution in [0.4, 0.5) is 11.4 Å². The first-order valence-corrected chi connectivity index (χ1v) is 9.04. The van der Waals surface area contributed by atoms with Crippen LogP contribution in [-0.2, 0) is 4.79 Å². The van der Waals surface area contributed by atoms with E-state index >= 15 is 0 Å². The summed E-state index contributed by atoms with van der Waals surface area (Å²) in [5.41, 5.74) is 8.17. The highest BCUT2D eigenvalue weighted by molar-refractivity contribution is 9.10. The van der Waals surface area contributed by atoms with Gasteiger partial charge in [-0.05, 0) is 42.5 Å². The van der Waals surface area contributed by atoms with Crippen LogP contribution in [0.3, 0.4) is 0 Å². The van der Waals surface area contributed by atoms with Gasteiger partial charge in [-0.15, -0.1) is 11.3 Å². The van der Waals surface area contributed by atoms with Crippen molar-refractivity contribution in [2.24, 2.45) is 0 Å². The number of hydrogen-bond acceptors (Lipinski definition) is 5. The fraction of sp³-hybridized carbons (Fsp3) is 0.0667. The number of rotatable bonds is 4. The molecule has 22 heavy (non-hydrogen) atoms. The van der Waals surface area contributed by atoms with Gasteiger partial charge < -0.3 is 11.1 Å². The molecule has 2 aromatic carbocycles. The predicted octanol–water partition coefficient (Wildman–Crippen LogP) is 4.37. The lowest BCUT2D eigenvalue weighted by Crippen LogP contribution is -2.13. The Bertz CT molecular complexity index is 817. The zero-order chi connectivity index (χ0) is 15.5. The number of nitrogen functional groups attached to an aromatic ring is 1. The van der Waals surface area contributed by atoms with E-state index in [2.05, 4.69) is 26.2 Å². The number of aromatic nitrogens is 1. The quantitative estimate of drug-likeness (QED) is 0.509. The van der Waals surface area contributed by atoms with E-state index in [9.17, 15) is 4.79 Å². The average Bonchev–Trinajstić information content (AvgIpc) is 2.89. The maximum atomic E-state index is 12.0. The van der Waals surface area contributed by atoms with Crippen LogP contribution in [0.1, 0.15) is 0 Å². The summed E-state index contributed by atoms with van der Waals surface area (Å²) >= 11 is 6.34. The lowest BCUT2D eigenvalue weighted by atomic mass is 10.3. The number of hydrogen-bond donors (Lipinski definition) is 2. The van der Waals surface area contributed by atoms with Gasteiger partial charge in [0.25, 0.3) is 0 Å². The number of benzene rings is 2. The molecule has 3 N–H and O–H groups in total. The molecule has 0 saturated heterocycles. The Labute approximate surface area is 144 Å². The van der Waals surface area contributed by atoms with Crippen molar-refractivity contribution in [3.05, 3.63) is 46.9 Å². The zero-order valence-electron chi connectivity index (χ0n) is 11.4. The standard InChI is InChI=1S/C15H12BrN3OS2/c16-9-1-4-11(5-2-9)18-14(20)8-21-15-19-12-6-3-10(17)7-13(12)22-15/h1-7H,8,17H2,(H,18,20). The van der Waals surface area contributed by atoms with Gasteiger partial charge in [0.15, 0.2) is 4.34 Å². The van der Waals surface area contributed by atoms with Crippen molar-refractivity contribution in [3.8, 4) is 0 Å². The summed E-state index contributed by atoms with van der Waals surface area (Å²) in [5.74, 6) is 0.275. The Morgan fingerprint density at radius 2 is 2.05 bits per heavy atom. The van der Waals surface area contributed by atoms with E-state index in [0.29, 0.717) is 5.75 Å². The fourth-order valence-corrected chi connectivity index (χ4v) is 4.02. The van der Waals surface area contributed by atoms with E-state index in [1.807, 2.05) is 42.5 Å². The van der Waals surface area contributed by atoms with Crippen LogP contribution in [0.25, 0.3) is 10.2 Å². The van der Waals surface area contributed by atoms with Gasteiger partial charge in [0.2, 0.25) is 5.91 Å². The van der Waals surface area contributed by atoms with Gasteiger partial charge in [-0.25, -0.2) is 4.98 Å². The molecule has 3 rings (SSSR count). The summed E-state index contributed by atoms with van der Waals surface area (Å²) in [6, 6.07) is 13.1. The number of amides is 1. The van der Waals surface area contributed by atoms with Crippen molar-refractivity contribution in [3.63, 3.8) is 0 Å². The van der Waals surface area contributed by atoms with Crippen molar-refractivity contribution >= 4 is 66.5 Å². The molecule has 0 bridgehead atoms. The third-order valence-corrected chi connectivity index (χ3v) is 5.54. The lowest BCUT2D eigenvalue weighted by molar-refractivity contribution is -0.113. The number of anilines is 2. The second-order valence-corrected chi connectivity index (χ2v) is 7.72. The van der Waals surface area contributed by atoms with Gasteiger partial charge in [0, 0.05) is 15.8 Å². The highest BCUT2D eigenvalue weighted by atomic mass is 79.9. The van der Waals surface area contributed by atoms with Crippen molar-refractivity contribution in [1.82, 2.24) is 4.98 Å². The zero-order valence-corrected chi connectivity index (χ0v) is 14.6. The van der Waals surface area contributed by atoms with Crippen LogP contribution in [0.5, 0.6) is 0 Å². The average molecular weight is 394 g/mol. The number of thiazole rings is 1. The van der Waals surface area contributed by atoms with Gasteiger partial charge in [0.05, 0.1) is 16.0 Å². The fourth-order valence-electron chi connectivity index (χ4n) is 1.84. The van der Waals surface area contributed by atoms with E-state index in [1.165, 1.54) is 11.8 Å². The molecular formula is C15H12BrN3OS2. The molecule has 0 atom stereocenters. The van der Waals surface area contributed by atoms with Crippen molar-refractivity contribution in [1.29, 1.82) is 0 Å². The highest BCUT2D eigenvalue weighted by Crippen LogP contribution is 2.30. The van der Waals surface area contributed by atoms with Crippen LogP contribution in [0.2, 0.25) is 0 Å². The first kappa shape index (κ1) is 15.3. The predicted molar refractivity (Wildman–Crippen MR) is 97.5 cm³/mol. The van der Waals surface area contributed by atoms with E-state index in [-0.39, 0.29) is 5.91 Å². The monoisotopic (exact) mass is 393 g/mol. The van der Waals surface area contributed by atoms with Crippen molar-refractivity contribution in [2.45, 2.75) is 4.34 Å². The number of nitrogens with two attached hydrogens (primary N) is 1. The number of thioether (sulfide) groups is 1. The van der Waals surface area contributed by atoms with Crippen LogP contribution >= 0.6 is 39.0 Å². The number of halogens is 1. The highest BCUT2D eigenvalue weighted by Gasteiger charge is 2.08. The number of nitrogens with zero attached hydrogens (tertiary/aromatic N) is 1. The molecule has 0 fully saturated rings. The third kappa shape index (κ3) is 3.79. The van der Waals surface area contributed by atoms with E-state index in [1.54, 1.807) is 11.3 Å². The third-order valence-electron chi connectivity index (χ3n) is 2.85. The molecule has 1 amide bonds. The summed E-state index contributed by atoms with van der Waals surface area (Å²) in [6.07, 6.45) is 0. The Hall–Kier alpha value is -1.57. The molecule has 1 heterocycles. The second kappa shape index (κ2) is 6.68. The molecule has 3 aromatic rings. The van der Waals surface area contributed by atoms with Crippen LogP contribution in [-0.4, -0.2) is 16.6 Å². The van der Waals surface area contributed by atoms with Gasteiger partial charge in [-0.2, -0.15) is 0 Å². The maximum Gasteiger partial charge on any atom is 0.234 e. The summed E-state index contributed by atoms with van der Waals surface area (Å²) < 4.78 is 2.89. The van der Waals surface area contributed by atoms with Gasteiger partial charge in [0.1, 0.15) is 0 Å². The molecule has 0 aliphatic heterocycles. The van der Waals surface area contributed by atoms with E-state index < -0.39 is 0 Å². The largest absolute Gasteiger partial charge is 0.399 e. The van der Waals surface area contributed by atoms with Gasteiger partial charge in [-0.1, -0.05) is 27.7 Å². The topological polar surface area (TPSA) is 68.0 Å². The van der Waals surface area contributed by atoms with Crippen LogP contribution in [0.15, 0.2) is 51.3 Å². The molecule has 0 radical (unpaired) electrons. The number of fused-ring (bicyclic) bond motifs is 1. The molecule has 4 nitrogen and oxygen atoms in total. The first-order chi connectivity index (χ1) is 10.6. The second-order valence-electron chi connectivity index (χ2n) is 4.55. The Balaban J connectivity index is 1.61. The van der Waals surface area contributed by atoms with Crippen LogP contribution < -0.4 is 11.1 Å². The van der Waals surface area contributed by atoms with Gasteiger partial charge in [-0.3, -0.25) is 4.79 Å².